The topological polar surface area (TPSA) is 67.9 Å². The lowest BCUT2D eigenvalue weighted by Gasteiger charge is -2.31. The first-order valence-corrected chi connectivity index (χ1v) is 11.3. The number of amides is 2. The van der Waals surface area contributed by atoms with E-state index in [0.717, 1.165) is 21.8 Å². The van der Waals surface area contributed by atoms with Gasteiger partial charge in [-0.05, 0) is 34.7 Å². The van der Waals surface area contributed by atoms with E-state index in [1.807, 2.05) is 72.1 Å². The standard InChI is InChI=1S/C25H28N2O4S/c1-30-15-14-27(23(28)17-22-9-6-16-32-22)24(20-7-4-3-5-8-20)25(29)26-18-19-10-12-21(31-2)13-11-19/h3-13,16,24H,14-15,17-18H2,1-2H3,(H,26,29)/t24-/m0/s1. The SMILES string of the molecule is COCCN(C(=O)Cc1cccs1)[C@H](C(=O)NCc1ccc(OC)cc1)c1ccccc1. The van der Waals surface area contributed by atoms with Crippen molar-refractivity contribution in [3.05, 3.63) is 88.1 Å². The van der Waals surface area contributed by atoms with Crippen LogP contribution in [0.1, 0.15) is 22.0 Å². The van der Waals surface area contributed by atoms with E-state index in [1.165, 1.54) is 11.3 Å². The van der Waals surface area contributed by atoms with Crippen molar-refractivity contribution in [3.8, 4) is 5.75 Å². The van der Waals surface area contributed by atoms with Gasteiger partial charge in [0.2, 0.25) is 11.8 Å². The molecule has 0 saturated heterocycles. The fraction of sp³-hybridized carbons (Fsp3) is 0.280. The van der Waals surface area contributed by atoms with Gasteiger partial charge in [-0.3, -0.25) is 9.59 Å². The first-order chi connectivity index (χ1) is 15.6. The molecule has 0 unspecified atom stereocenters. The van der Waals surface area contributed by atoms with E-state index in [9.17, 15) is 9.59 Å². The molecule has 3 rings (SSSR count). The Morgan fingerprint density at radius 1 is 1.00 bits per heavy atom. The number of hydrogen-bond acceptors (Lipinski definition) is 5. The van der Waals surface area contributed by atoms with Crippen molar-refractivity contribution in [1.29, 1.82) is 0 Å². The molecule has 7 heteroatoms. The molecule has 0 spiro atoms. The summed E-state index contributed by atoms with van der Waals surface area (Å²) in [6, 6.07) is 20.0. The highest BCUT2D eigenvalue weighted by atomic mass is 32.1. The molecule has 1 N–H and O–H groups in total. The zero-order valence-electron chi connectivity index (χ0n) is 18.3. The number of nitrogens with one attached hydrogen (secondary N) is 1. The molecule has 0 radical (unpaired) electrons. The first-order valence-electron chi connectivity index (χ1n) is 10.4. The van der Waals surface area contributed by atoms with Gasteiger partial charge in [-0.15, -0.1) is 11.3 Å². The molecular weight excluding hydrogens is 424 g/mol. The molecule has 3 aromatic rings. The molecule has 1 heterocycles. The number of carbonyl (C=O) groups is 2. The fourth-order valence-electron chi connectivity index (χ4n) is 3.39. The number of methoxy groups -OCH3 is 2. The average Bonchev–Trinajstić information content (AvgIpc) is 3.34. The van der Waals surface area contributed by atoms with Crippen molar-refractivity contribution in [2.45, 2.75) is 19.0 Å². The Kier molecular flexibility index (Phi) is 8.83. The zero-order valence-corrected chi connectivity index (χ0v) is 19.1. The molecule has 0 saturated carbocycles. The van der Waals surface area contributed by atoms with Gasteiger partial charge < -0.3 is 19.7 Å². The van der Waals surface area contributed by atoms with Crippen LogP contribution in [0.3, 0.4) is 0 Å². The number of nitrogens with zero attached hydrogens (tertiary/aromatic N) is 1. The van der Waals surface area contributed by atoms with Gasteiger partial charge in [-0.2, -0.15) is 0 Å². The Balaban J connectivity index is 1.82. The van der Waals surface area contributed by atoms with Crippen LogP contribution in [-0.4, -0.2) is 44.1 Å². The van der Waals surface area contributed by atoms with E-state index in [4.69, 9.17) is 9.47 Å². The summed E-state index contributed by atoms with van der Waals surface area (Å²) < 4.78 is 10.4. The molecule has 6 nitrogen and oxygen atoms in total. The monoisotopic (exact) mass is 452 g/mol. The Hall–Kier alpha value is -3.16. The van der Waals surface area contributed by atoms with E-state index >= 15 is 0 Å². The summed E-state index contributed by atoms with van der Waals surface area (Å²) in [6.07, 6.45) is 0.247. The van der Waals surface area contributed by atoms with Crippen LogP contribution in [-0.2, 0) is 27.3 Å². The summed E-state index contributed by atoms with van der Waals surface area (Å²) in [5, 5.41) is 4.94. The Labute approximate surface area is 192 Å². The van der Waals surface area contributed by atoms with Gasteiger partial charge in [0, 0.05) is 25.1 Å². The van der Waals surface area contributed by atoms with Crippen LogP contribution in [0.4, 0.5) is 0 Å². The van der Waals surface area contributed by atoms with Gasteiger partial charge in [0.1, 0.15) is 11.8 Å². The minimum atomic E-state index is -0.753. The van der Waals surface area contributed by atoms with Crippen molar-refractivity contribution >= 4 is 23.2 Å². The summed E-state index contributed by atoms with van der Waals surface area (Å²) in [7, 11) is 3.20. The van der Waals surface area contributed by atoms with Gasteiger partial charge in [0.05, 0.1) is 20.1 Å². The molecule has 1 atom stereocenters. The number of benzene rings is 2. The number of hydrogen-bond donors (Lipinski definition) is 1. The van der Waals surface area contributed by atoms with Gasteiger partial charge in [0.15, 0.2) is 0 Å². The third-order valence-corrected chi connectivity index (χ3v) is 5.94. The normalized spacial score (nSPS) is 11.6. The van der Waals surface area contributed by atoms with Crippen LogP contribution in [0, 0.1) is 0 Å². The van der Waals surface area contributed by atoms with E-state index in [1.54, 1.807) is 19.1 Å². The van der Waals surface area contributed by atoms with Crippen LogP contribution in [0.5, 0.6) is 5.75 Å². The summed E-state index contributed by atoms with van der Waals surface area (Å²) in [4.78, 5) is 29.2. The molecule has 32 heavy (non-hydrogen) atoms. The number of ether oxygens (including phenoxy) is 2. The zero-order chi connectivity index (χ0) is 22.8. The molecule has 0 aliphatic carbocycles. The number of carbonyl (C=O) groups excluding carboxylic acids is 2. The highest BCUT2D eigenvalue weighted by Gasteiger charge is 2.31. The molecule has 0 fully saturated rings. The van der Waals surface area contributed by atoms with Crippen LogP contribution in [0.2, 0.25) is 0 Å². The Bertz CT molecular complexity index is 975. The van der Waals surface area contributed by atoms with Gasteiger partial charge in [-0.1, -0.05) is 48.5 Å². The predicted molar refractivity (Wildman–Crippen MR) is 126 cm³/mol. The summed E-state index contributed by atoms with van der Waals surface area (Å²) >= 11 is 1.53. The smallest absolute Gasteiger partial charge is 0.247 e. The second kappa shape index (κ2) is 12.0. The quantitative estimate of drug-likeness (QED) is 0.480. The first kappa shape index (κ1) is 23.5. The predicted octanol–water partition coefficient (Wildman–Crippen LogP) is 3.83. The van der Waals surface area contributed by atoms with Gasteiger partial charge in [-0.25, -0.2) is 0 Å². The van der Waals surface area contributed by atoms with Crippen molar-refractivity contribution in [1.82, 2.24) is 10.2 Å². The summed E-state index contributed by atoms with van der Waals surface area (Å²) in [5.41, 5.74) is 1.70. The highest BCUT2D eigenvalue weighted by molar-refractivity contribution is 7.10. The lowest BCUT2D eigenvalue weighted by molar-refractivity contribution is -0.141. The second-order valence-corrected chi connectivity index (χ2v) is 8.25. The minimum Gasteiger partial charge on any atom is -0.497 e. The Morgan fingerprint density at radius 2 is 1.75 bits per heavy atom. The third-order valence-electron chi connectivity index (χ3n) is 5.06. The fourth-order valence-corrected chi connectivity index (χ4v) is 4.08. The largest absolute Gasteiger partial charge is 0.497 e. The van der Waals surface area contributed by atoms with Crippen LogP contribution >= 0.6 is 11.3 Å². The van der Waals surface area contributed by atoms with Crippen molar-refractivity contribution in [2.24, 2.45) is 0 Å². The molecule has 2 amide bonds. The number of thiophene rings is 1. The molecular formula is C25H28N2O4S. The maximum Gasteiger partial charge on any atom is 0.247 e. The van der Waals surface area contributed by atoms with Gasteiger partial charge in [0.25, 0.3) is 0 Å². The molecule has 2 aromatic carbocycles. The molecule has 0 aliphatic rings. The van der Waals surface area contributed by atoms with Crippen LogP contribution < -0.4 is 10.1 Å². The average molecular weight is 453 g/mol. The number of rotatable bonds is 11. The van der Waals surface area contributed by atoms with Gasteiger partial charge >= 0.3 is 0 Å². The Morgan fingerprint density at radius 3 is 2.38 bits per heavy atom. The summed E-state index contributed by atoms with van der Waals surface area (Å²) in [5.74, 6) is 0.410. The van der Waals surface area contributed by atoms with E-state index in [-0.39, 0.29) is 18.2 Å². The molecule has 0 aliphatic heterocycles. The summed E-state index contributed by atoms with van der Waals surface area (Å²) in [6.45, 7) is 1.00. The lowest BCUT2D eigenvalue weighted by atomic mass is 10.0. The molecule has 0 bridgehead atoms. The third kappa shape index (κ3) is 6.42. The minimum absolute atomic E-state index is 0.113. The van der Waals surface area contributed by atoms with E-state index in [2.05, 4.69) is 5.32 Å². The highest BCUT2D eigenvalue weighted by Crippen LogP contribution is 2.23. The molecule has 1 aromatic heterocycles. The van der Waals surface area contributed by atoms with Crippen molar-refractivity contribution in [2.75, 3.05) is 27.4 Å². The van der Waals surface area contributed by atoms with Crippen molar-refractivity contribution in [3.63, 3.8) is 0 Å². The lowest BCUT2D eigenvalue weighted by Crippen LogP contribution is -2.45. The maximum atomic E-state index is 13.4. The van der Waals surface area contributed by atoms with E-state index < -0.39 is 6.04 Å². The van der Waals surface area contributed by atoms with Crippen LogP contribution in [0.25, 0.3) is 0 Å². The van der Waals surface area contributed by atoms with E-state index in [0.29, 0.717) is 19.7 Å². The maximum absolute atomic E-state index is 13.4. The van der Waals surface area contributed by atoms with Crippen LogP contribution in [0.15, 0.2) is 72.1 Å². The second-order valence-electron chi connectivity index (χ2n) is 7.22. The van der Waals surface area contributed by atoms with Crippen molar-refractivity contribution < 1.29 is 19.1 Å². The molecule has 168 valence electrons.